The van der Waals surface area contributed by atoms with Crippen LogP contribution in [0.15, 0.2) is 272 Å². The molecule has 0 spiro atoms. The van der Waals surface area contributed by atoms with Gasteiger partial charge in [0.15, 0.2) is 0 Å². The van der Waals surface area contributed by atoms with Gasteiger partial charge in [-0.2, -0.15) is 0 Å². The van der Waals surface area contributed by atoms with Crippen LogP contribution in [-0.2, 0) is 0 Å². The number of pyridine rings is 2. The van der Waals surface area contributed by atoms with Crippen LogP contribution < -0.4 is 14.7 Å². The lowest BCUT2D eigenvalue weighted by Crippen LogP contribution is -2.10. The largest absolute Gasteiger partial charge is 0.311 e. The van der Waals surface area contributed by atoms with Gasteiger partial charge in [0.25, 0.3) is 0 Å². The maximum atomic E-state index is 4.34. The van der Waals surface area contributed by atoms with Crippen molar-refractivity contribution < 1.29 is 0 Å². The second-order valence-corrected chi connectivity index (χ2v) is 18.8. The van der Waals surface area contributed by atoms with Crippen molar-refractivity contribution in [2.75, 3.05) is 14.7 Å². The highest BCUT2D eigenvalue weighted by molar-refractivity contribution is 9.10. The van der Waals surface area contributed by atoms with E-state index in [0.717, 1.165) is 77.9 Å². The van der Waals surface area contributed by atoms with Crippen molar-refractivity contribution in [3.05, 3.63) is 283 Å². The molecule has 346 valence electrons. The molecule has 0 saturated heterocycles. The van der Waals surface area contributed by atoms with Crippen LogP contribution >= 0.6 is 15.9 Å². The fourth-order valence-electron chi connectivity index (χ4n) is 9.23. The third kappa shape index (κ3) is 9.95. The van der Waals surface area contributed by atoms with Gasteiger partial charge in [-0.25, -0.2) is 0 Å². The zero-order chi connectivity index (χ0) is 48.8. The highest BCUT2D eigenvalue weighted by atomic mass is 79.9. The van der Waals surface area contributed by atoms with Crippen LogP contribution in [0.3, 0.4) is 0 Å². The highest BCUT2D eigenvalue weighted by Gasteiger charge is 2.17. The second-order valence-electron chi connectivity index (χ2n) is 17.9. The average Bonchev–Trinajstić information content (AvgIpc) is 3.44. The fourth-order valence-corrected chi connectivity index (χ4v) is 9.49. The molecule has 6 heteroatoms. The minimum Gasteiger partial charge on any atom is -0.311 e. The Morgan fingerprint density at radius 3 is 0.625 bits per heavy atom. The van der Waals surface area contributed by atoms with Crippen LogP contribution in [0, 0.1) is 13.8 Å². The van der Waals surface area contributed by atoms with Crippen molar-refractivity contribution in [3.63, 3.8) is 0 Å². The number of nitrogens with zero attached hydrogens (tertiary/aromatic N) is 5. The predicted octanol–water partition coefficient (Wildman–Crippen LogP) is 18.9. The summed E-state index contributed by atoms with van der Waals surface area (Å²) in [5.74, 6) is 0. The minimum atomic E-state index is 1.03. The summed E-state index contributed by atoms with van der Waals surface area (Å²) in [7, 11) is 0. The quantitative estimate of drug-likeness (QED) is 0.115. The first-order valence-electron chi connectivity index (χ1n) is 24.1. The molecule has 2 heterocycles. The molecule has 11 rings (SSSR count). The monoisotopic (exact) mass is 991 g/mol. The number of rotatable bonds is 13. The summed E-state index contributed by atoms with van der Waals surface area (Å²) in [6.45, 7) is 4.24. The Bertz CT molecular complexity index is 3510. The van der Waals surface area contributed by atoms with E-state index in [9.17, 15) is 0 Å². The Hall–Kier alpha value is -8.84. The summed E-state index contributed by atoms with van der Waals surface area (Å²) in [4.78, 5) is 15.5. The van der Waals surface area contributed by atoms with Gasteiger partial charge in [0.05, 0.1) is 0 Å². The van der Waals surface area contributed by atoms with E-state index in [1.807, 2.05) is 36.9 Å². The van der Waals surface area contributed by atoms with E-state index in [1.54, 1.807) is 0 Å². The Balaban J connectivity index is 0.833. The van der Waals surface area contributed by atoms with Crippen molar-refractivity contribution in [2.45, 2.75) is 13.8 Å². The summed E-state index contributed by atoms with van der Waals surface area (Å²) in [6.07, 6.45) is 7.38. The number of hydrogen-bond acceptors (Lipinski definition) is 5. The summed E-state index contributed by atoms with van der Waals surface area (Å²) in [5.41, 5.74) is 21.4. The summed E-state index contributed by atoms with van der Waals surface area (Å²) in [6, 6.07) is 86.9. The zero-order valence-electron chi connectivity index (χ0n) is 40.0. The molecule has 0 aliphatic heterocycles. The third-order valence-electron chi connectivity index (χ3n) is 13.1. The SMILES string of the molecule is Cc1ccc(-c2ccc(N(c3ccncc3)c3ccc(-c4ccc(N(c5ccncc5)c5ccc(-c6ccc(N(c7ccc(C)cc7)c7ccc(-c8ccc(Br)cc8)cc7)cc6)cc5)cc4)cc3)cc2)cc1. The lowest BCUT2D eigenvalue weighted by molar-refractivity contribution is 1.24. The Labute approximate surface area is 430 Å². The number of benzene rings is 9. The van der Waals surface area contributed by atoms with Crippen LogP contribution in [0.25, 0.3) is 44.5 Å². The maximum absolute atomic E-state index is 4.34. The van der Waals surface area contributed by atoms with Crippen LogP contribution in [0.4, 0.5) is 51.2 Å². The van der Waals surface area contributed by atoms with E-state index >= 15 is 0 Å². The van der Waals surface area contributed by atoms with Crippen molar-refractivity contribution in [1.82, 2.24) is 9.97 Å². The van der Waals surface area contributed by atoms with Crippen molar-refractivity contribution in [1.29, 1.82) is 0 Å². The molecule has 0 unspecified atom stereocenters. The van der Waals surface area contributed by atoms with Gasteiger partial charge in [-0.15, -0.1) is 0 Å². The van der Waals surface area contributed by atoms with E-state index in [-0.39, 0.29) is 0 Å². The number of halogens is 1. The zero-order valence-corrected chi connectivity index (χ0v) is 41.6. The first-order chi connectivity index (χ1) is 35.4. The molecule has 0 aliphatic rings. The van der Waals surface area contributed by atoms with Crippen molar-refractivity contribution in [2.24, 2.45) is 0 Å². The minimum absolute atomic E-state index is 1.03. The molecule has 0 aliphatic carbocycles. The lowest BCUT2D eigenvalue weighted by Gasteiger charge is -2.26. The molecule has 0 saturated carbocycles. The van der Waals surface area contributed by atoms with Crippen LogP contribution in [-0.4, -0.2) is 9.97 Å². The topological polar surface area (TPSA) is 35.5 Å². The predicted molar refractivity (Wildman–Crippen MR) is 305 cm³/mol. The van der Waals surface area contributed by atoms with Gasteiger partial charge >= 0.3 is 0 Å². The molecular weight excluding hydrogens is 943 g/mol. The van der Waals surface area contributed by atoms with Gasteiger partial charge in [-0.05, 0) is 180 Å². The first kappa shape index (κ1) is 45.6. The molecule has 0 radical (unpaired) electrons. The van der Waals surface area contributed by atoms with Gasteiger partial charge < -0.3 is 14.7 Å². The third-order valence-corrected chi connectivity index (χ3v) is 13.6. The Morgan fingerprint density at radius 1 is 0.222 bits per heavy atom. The molecule has 9 aromatic carbocycles. The van der Waals surface area contributed by atoms with Gasteiger partial charge in [0.2, 0.25) is 0 Å². The fraction of sp³-hybridized carbons (Fsp3) is 0.0303. The molecule has 0 atom stereocenters. The lowest BCUT2D eigenvalue weighted by atomic mass is 10.0. The van der Waals surface area contributed by atoms with Crippen molar-refractivity contribution in [3.8, 4) is 44.5 Å². The van der Waals surface area contributed by atoms with E-state index in [1.165, 1.54) is 33.4 Å². The maximum Gasteiger partial charge on any atom is 0.0492 e. The van der Waals surface area contributed by atoms with Gasteiger partial charge in [-0.1, -0.05) is 148 Å². The first-order valence-corrected chi connectivity index (χ1v) is 24.9. The van der Waals surface area contributed by atoms with Crippen LogP contribution in [0.1, 0.15) is 11.1 Å². The molecule has 2 aromatic heterocycles. The van der Waals surface area contributed by atoms with E-state index < -0.39 is 0 Å². The normalized spacial score (nSPS) is 11.0. The van der Waals surface area contributed by atoms with Gasteiger partial charge in [-0.3, -0.25) is 9.97 Å². The molecule has 72 heavy (non-hydrogen) atoms. The molecule has 0 N–H and O–H groups in total. The number of aryl methyl sites for hydroxylation is 2. The summed E-state index contributed by atoms with van der Waals surface area (Å²) < 4.78 is 1.07. The summed E-state index contributed by atoms with van der Waals surface area (Å²) >= 11 is 3.57. The van der Waals surface area contributed by atoms with Gasteiger partial charge in [0, 0.05) is 80.4 Å². The number of hydrogen-bond donors (Lipinski definition) is 0. The standard InChI is InChI=1S/C66H50BrN5/c1-47-3-7-49(8-4-47)51-11-31-61(32-12-51)71(65-39-43-68-44-40-65)62-35-19-55(20-36-62)56-21-37-64(38-22-56)72(66-41-45-69-46-42-66)63-33-17-54(18-34-63)53-15-29-60(30-16-53)70(58-25-5-48(2)6-26-58)59-27-13-52(14-28-59)50-9-23-57(67)24-10-50/h3-46H,1-2H3. The van der Waals surface area contributed by atoms with Crippen molar-refractivity contribution >= 4 is 67.1 Å². The number of aromatic nitrogens is 2. The van der Waals surface area contributed by atoms with E-state index in [4.69, 9.17) is 0 Å². The smallest absolute Gasteiger partial charge is 0.0492 e. The Morgan fingerprint density at radius 2 is 0.389 bits per heavy atom. The summed E-state index contributed by atoms with van der Waals surface area (Å²) in [5, 5.41) is 0. The number of anilines is 9. The van der Waals surface area contributed by atoms with E-state index in [2.05, 4.69) is 285 Å². The Kier molecular flexibility index (Phi) is 13.1. The van der Waals surface area contributed by atoms with Crippen LogP contribution in [0.5, 0.6) is 0 Å². The molecule has 5 nitrogen and oxygen atoms in total. The molecule has 11 aromatic rings. The average molecular weight is 993 g/mol. The molecule has 0 bridgehead atoms. The highest BCUT2D eigenvalue weighted by Crippen LogP contribution is 2.41. The second kappa shape index (κ2) is 20.6. The molecule has 0 amide bonds. The van der Waals surface area contributed by atoms with E-state index in [0.29, 0.717) is 0 Å². The molecule has 0 fully saturated rings. The molecular formula is C66H50BrN5. The van der Waals surface area contributed by atoms with Crippen LogP contribution in [0.2, 0.25) is 0 Å². The van der Waals surface area contributed by atoms with Gasteiger partial charge in [0.1, 0.15) is 0 Å².